The van der Waals surface area contributed by atoms with Gasteiger partial charge in [0.1, 0.15) is 22.3 Å². The minimum Gasteiger partial charge on any atom is -0.456 e. The molecule has 0 atom stereocenters. The van der Waals surface area contributed by atoms with Crippen LogP contribution in [0.1, 0.15) is 25.0 Å². The third-order valence-electron chi connectivity index (χ3n) is 14.4. The maximum absolute atomic E-state index is 6.86. The summed E-state index contributed by atoms with van der Waals surface area (Å²) >= 11 is 0. The van der Waals surface area contributed by atoms with Gasteiger partial charge in [-0.1, -0.05) is 159 Å². The van der Waals surface area contributed by atoms with E-state index in [1.165, 1.54) is 44.1 Å². The van der Waals surface area contributed by atoms with Crippen LogP contribution in [0.25, 0.3) is 105 Å². The maximum atomic E-state index is 6.86. The predicted molar refractivity (Wildman–Crippen MR) is 278 cm³/mol. The van der Waals surface area contributed by atoms with Crippen LogP contribution in [0, 0.1) is 0 Å². The Labute approximate surface area is 387 Å². The molecule has 1 aliphatic carbocycles. The zero-order valence-electron chi connectivity index (χ0n) is 37.0. The van der Waals surface area contributed by atoms with E-state index in [-0.39, 0.29) is 5.41 Å². The Bertz CT molecular complexity index is 4090. The third kappa shape index (κ3) is 5.54. The molecule has 4 nitrogen and oxygen atoms in total. The minimum atomic E-state index is -0.266. The van der Waals surface area contributed by atoms with Gasteiger partial charge in [-0.15, -0.1) is 0 Å². The van der Waals surface area contributed by atoms with Crippen LogP contribution < -0.4 is 4.90 Å². The fraction of sp³-hybridized carbons (Fsp3) is 0.0476. The van der Waals surface area contributed by atoms with Crippen LogP contribution in [-0.4, -0.2) is 4.57 Å². The molecule has 0 saturated carbocycles. The summed E-state index contributed by atoms with van der Waals surface area (Å²) in [6, 6.07) is 79.0. The minimum absolute atomic E-state index is 0.266. The second-order valence-corrected chi connectivity index (χ2v) is 18.4. The van der Waals surface area contributed by atoms with Crippen molar-refractivity contribution < 1.29 is 8.83 Å². The van der Waals surface area contributed by atoms with E-state index in [0.29, 0.717) is 0 Å². The second kappa shape index (κ2) is 14.2. The molecule has 0 bridgehead atoms. The van der Waals surface area contributed by atoms with Crippen LogP contribution in [0.15, 0.2) is 227 Å². The van der Waals surface area contributed by atoms with Gasteiger partial charge < -0.3 is 18.3 Å². The molecule has 1 aliphatic rings. The average molecular weight is 859 g/mol. The summed E-state index contributed by atoms with van der Waals surface area (Å²) in [5, 5.41) is 6.88. The molecule has 0 fully saturated rings. The molecule has 0 spiro atoms. The molecule has 13 aromatic rings. The van der Waals surface area contributed by atoms with Gasteiger partial charge in [-0.2, -0.15) is 0 Å². The van der Waals surface area contributed by atoms with Crippen LogP contribution in [0.3, 0.4) is 0 Å². The van der Waals surface area contributed by atoms with Crippen molar-refractivity contribution in [2.75, 3.05) is 4.90 Å². The fourth-order valence-electron chi connectivity index (χ4n) is 11.4. The summed E-state index contributed by atoms with van der Waals surface area (Å²) in [7, 11) is 0. The summed E-state index contributed by atoms with van der Waals surface area (Å²) in [6.07, 6.45) is 0. The molecule has 0 amide bonds. The van der Waals surface area contributed by atoms with Crippen LogP contribution in [0.4, 0.5) is 17.1 Å². The van der Waals surface area contributed by atoms with Gasteiger partial charge in [-0.05, 0) is 112 Å². The van der Waals surface area contributed by atoms with Gasteiger partial charge >= 0.3 is 0 Å². The van der Waals surface area contributed by atoms with Crippen molar-refractivity contribution in [2.24, 2.45) is 0 Å². The molecule has 67 heavy (non-hydrogen) atoms. The van der Waals surface area contributed by atoms with Gasteiger partial charge in [0.2, 0.25) is 0 Å². The van der Waals surface area contributed by atoms with Gasteiger partial charge in [0.25, 0.3) is 0 Å². The van der Waals surface area contributed by atoms with Crippen LogP contribution in [0.5, 0.6) is 0 Å². The van der Waals surface area contributed by atoms with E-state index >= 15 is 0 Å². The van der Waals surface area contributed by atoms with E-state index in [2.05, 4.69) is 236 Å². The largest absolute Gasteiger partial charge is 0.456 e. The van der Waals surface area contributed by atoms with Gasteiger partial charge in [0.15, 0.2) is 0 Å². The van der Waals surface area contributed by atoms with Gasteiger partial charge in [-0.3, -0.25) is 0 Å². The first-order chi connectivity index (χ1) is 33.0. The lowest BCUT2D eigenvalue weighted by atomic mass is 9.81. The van der Waals surface area contributed by atoms with Crippen molar-refractivity contribution in [1.29, 1.82) is 0 Å². The number of benzene rings is 10. The smallest absolute Gasteiger partial charge is 0.143 e. The molecule has 3 heterocycles. The highest BCUT2D eigenvalue weighted by Crippen LogP contribution is 2.55. The Morgan fingerprint density at radius 1 is 0.403 bits per heavy atom. The second-order valence-electron chi connectivity index (χ2n) is 18.4. The Balaban J connectivity index is 1.01. The molecule has 14 rings (SSSR count). The summed E-state index contributed by atoms with van der Waals surface area (Å²) in [4.78, 5) is 2.49. The van der Waals surface area contributed by atoms with E-state index in [4.69, 9.17) is 8.83 Å². The number of anilines is 3. The molecule has 0 saturated heterocycles. The first kappa shape index (κ1) is 37.7. The third-order valence-corrected chi connectivity index (χ3v) is 14.4. The van der Waals surface area contributed by atoms with Crippen molar-refractivity contribution in [3.8, 4) is 39.1 Å². The van der Waals surface area contributed by atoms with Gasteiger partial charge in [0.05, 0.1) is 16.7 Å². The standard InChI is InChI=1S/C63H42N2O2/c1-63(2)53-25-8-3-18-45(53)49-24-14-28-56(61(49)63)64(42-17-13-16-40(36-42)44-23-15-31-59-60(44)50-22-7-12-30-58(50)66-59)43-37-51(62-52(38-43)48-21-6-11-29-57(48)67-62)39-32-34-41(35-33-39)65-54-26-9-4-19-46(54)47-20-5-10-27-55(47)65/h3-38H,1-2H3. The van der Waals surface area contributed by atoms with E-state index in [9.17, 15) is 0 Å². The number of furan rings is 2. The van der Waals surface area contributed by atoms with Crippen molar-refractivity contribution in [3.05, 3.63) is 230 Å². The number of rotatable bonds is 6. The van der Waals surface area contributed by atoms with Crippen molar-refractivity contribution in [1.82, 2.24) is 4.57 Å². The lowest BCUT2D eigenvalue weighted by molar-refractivity contribution is 0.660. The Morgan fingerprint density at radius 2 is 1.01 bits per heavy atom. The van der Waals surface area contributed by atoms with Crippen molar-refractivity contribution in [3.63, 3.8) is 0 Å². The number of aromatic nitrogens is 1. The van der Waals surface area contributed by atoms with Crippen LogP contribution in [0.2, 0.25) is 0 Å². The van der Waals surface area contributed by atoms with E-state index < -0.39 is 0 Å². The van der Waals surface area contributed by atoms with E-state index in [1.807, 2.05) is 6.07 Å². The molecule has 0 unspecified atom stereocenters. The first-order valence-corrected chi connectivity index (χ1v) is 23.1. The summed E-state index contributed by atoms with van der Waals surface area (Å²) < 4.78 is 15.6. The summed E-state index contributed by atoms with van der Waals surface area (Å²) in [5.41, 5.74) is 19.5. The first-order valence-electron chi connectivity index (χ1n) is 23.1. The number of para-hydroxylation sites is 4. The number of nitrogens with zero attached hydrogens (tertiary/aromatic N) is 2. The van der Waals surface area contributed by atoms with Crippen molar-refractivity contribution >= 4 is 82.7 Å². The molecule has 0 aliphatic heterocycles. The van der Waals surface area contributed by atoms with E-state index in [1.54, 1.807) is 0 Å². The molecule has 0 N–H and O–H groups in total. The number of hydrogen-bond donors (Lipinski definition) is 0. The lowest BCUT2D eigenvalue weighted by Crippen LogP contribution is -2.20. The molecule has 316 valence electrons. The van der Waals surface area contributed by atoms with Crippen molar-refractivity contribution in [2.45, 2.75) is 19.3 Å². The number of fused-ring (bicyclic) bond motifs is 12. The highest BCUT2D eigenvalue weighted by molar-refractivity contribution is 6.14. The summed E-state index contributed by atoms with van der Waals surface area (Å²) in [5.74, 6) is 0. The molecular formula is C63H42N2O2. The average Bonchev–Trinajstić information content (AvgIpc) is 4.11. The fourth-order valence-corrected chi connectivity index (χ4v) is 11.4. The monoisotopic (exact) mass is 858 g/mol. The van der Waals surface area contributed by atoms with Gasteiger partial charge in [-0.25, -0.2) is 0 Å². The van der Waals surface area contributed by atoms with Crippen LogP contribution in [-0.2, 0) is 5.41 Å². The highest BCUT2D eigenvalue weighted by atomic mass is 16.3. The Kier molecular flexibility index (Phi) is 8.00. The van der Waals surface area contributed by atoms with E-state index in [0.717, 1.165) is 88.9 Å². The van der Waals surface area contributed by atoms with Crippen LogP contribution >= 0.6 is 0 Å². The zero-order valence-corrected chi connectivity index (χ0v) is 37.0. The lowest BCUT2D eigenvalue weighted by Gasteiger charge is -2.32. The number of hydrogen-bond acceptors (Lipinski definition) is 3. The topological polar surface area (TPSA) is 34.5 Å². The molecular weight excluding hydrogens is 817 g/mol. The zero-order chi connectivity index (χ0) is 44.4. The molecule has 0 radical (unpaired) electrons. The predicted octanol–water partition coefficient (Wildman–Crippen LogP) is 17.7. The van der Waals surface area contributed by atoms with Gasteiger partial charge in [0, 0.05) is 60.4 Å². The normalized spacial score (nSPS) is 13.0. The Morgan fingerprint density at radius 3 is 1.81 bits per heavy atom. The Hall–Kier alpha value is -8.60. The quantitative estimate of drug-likeness (QED) is 0.167. The molecule has 3 aromatic heterocycles. The maximum Gasteiger partial charge on any atom is 0.143 e. The molecule has 10 aromatic carbocycles. The summed E-state index contributed by atoms with van der Waals surface area (Å²) in [6.45, 7) is 4.74. The highest BCUT2D eigenvalue weighted by Gasteiger charge is 2.39. The molecule has 4 heteroatoms. The SMILES string of the molecule is CC1(C)c2ccccc2-c2cccc(N(c3cccc(-c4cccc5oc6ccccc6c45)c3)c3cc(-c4ccc(-n5c6ccccc6c6ccccc65)cc4)c4oc5ccccc5c4c3)c21.